The van der Waals surface area contributed by atoms with Crippen LogP contribution in [0, 0.1) is 5.92 Å². The second kappa shape index (κ2) is 4.36. The normalized spacial score (nSPS) is 29.9. The van der Waals surface area contributed by atoms with Gasteiger partial charge in [0.25, 0.3) is 0 Å². The number of piperazine rings is 1. The number of hydrogen-bond donors (Lipinski definition) is 1. The summed E-state index contributed by atoms with van der Waals surface area (Å²) in [5.41, 5.74) is -1.27. The van der Waals surface area contributed by atoms with Gasteiger partial charge >= 0.3 is 6.18 Å². The summed E-state index contributed by atoms with van der Waals surface area (Å²) in [6.45, 7) is -1.32. The zero-order chi connectivity index (χ0) is 14.5. The Morgan fingerprint density at radius 2 is 1.80 bits per heavy atom. The molecule has 2 amide bonds. The minimum atomic E-state index is -4.48. The zero-order valence-corrected chi connectivity index (χ0v) is 11.0. The van der Waals surface area contributed by atoms with Crippen LogP contribution in [0.25, 0.3) is 0 Å². The molecule has 0 radical (unpaired) electrons. The summed E-state index contributed by atoms with van der Waals surface area (Å²) in [6.07, 6.45) is -0.855. The lowest BCUT2D eigenvalue weighted by Crippen LogP contribution is -2.71. The minimum Gasteiger partial charge on any atom is -0.342 e. The molecule has 0 bridgehead atoms. The molecule has 1 saturated heterocycles. The van der Waals surface area contributed by atoms with Gasteiger partial charge in [-0.1, -0.05) is 12.8 Å². The molecular weight excluding hydrogens is 273 g/mol. The summed E-state index contributed by atoms with van der Waals surface area (Å²) in [5.74, 6) is -0.928. The van der Waals surface area contributed by atoms with Crippen LogP contribution < -0.4 is 5.32 Å². The summed E-state index contributed by atoms with van der Waals surface area (Å²) in [7, 11) is 0. The number of alkyl halides is 3. The number of carbonyl (C=O) groups is 2. The van der Waals surface area contributed by atoms with Crippen LogP contribution >= 0.6 is 0 Å². The van der Waals surface area contributed by atoms with Crippen LogP contribution in [0.15, 0.2) is 0 Å². The number of halogens is 3. The predicted molar refractivity (Wildman–Crippen MR) is 63.6 cm³/mol. The molecule has 7 heteroatoms. The van der Waals surface area contributed by atoms with Gasteiger partial charge in [0.2, 0.25) is 11.8 Å². The highest BCUT2D eigenvalue weighted by Gasteiger charge is 2.58. The van der Waals surface area contributed by atoms with Crippen molar-refractivity contribution in [3.05, 3.63) is 0 Å². The maximum absolute atomic E-state index is 12.8. The number of amides is 2. The first-order chi connectivity index (χ1) is 9.33. The second-order valence-electron chi connectivity index (χ2n) is 6.07. The van der Waals surface area contributed by atoms with Crippen LogP contribution in [0.1, 0.15) is 38.5 Å². The van der Waals surface area contributed by atoms with Gasteiger partial charge in [-0.25, -0.2) is 0 Å². The number of nitrogens with zero attached hydrogens (tertiary/aromatic N) is 1. The van der Waals surface area contributed by atoms with E-state index in [9.17, 15) is 22.8 Å². The topological polar surface area (TPSA) is 49.4 Å². The molecule has 2 aliphatic carbocycles. The van der Waals surface area contributed by atoms with Gasteiger partial charge in [0.05, 0.1) is 0 Å². The van der Waals surface area contributed by atoms with E-state index >= 15 is 0 Å². The van der Waals surface area contributed by atoms with E-state index in [0.717, 1.165) is 17.7 Å². The Morgan fingerprint density at radius 3 is 2.30 bits per heavy atom. The molecule has 1 unspecified atom stereocenters. The molecule has 0 aromatic rings. The Balaban J connectivity index is 1.92. The highest BCUT2D eigenvalue weighted by Crippen LogP contribution is 2.43. The molecular formula is C13H17F3N2O2. The molecule has 3 fully saturated rings. The largest absolute Gasteiger partial charge is 0.406 e. The van der Waals surface area contributed by atoms with Crippen molar-refractivity contribution in [3.8, 4) is 0 Å². The second-order valence-corrected chi connectivity index (χ2v) is 6.07. The molecule has 112 valence electrons. The standard InChI is InChI=1S/C13H17F3N2O2/c14-13(15,16)7-18-10(19)9(8-3-4-8)17-11(20)12(18)5-1-2-6-12/h8-9H,1-7H2,(H,17,20). The number of carbonyl (C=O) groups excluding carboxylic acids is 2. The van der Waals surface area contributed by atoms with Crippen molar-refractivity contribution >= 4 is 11.8 Å². The molecule has 1 spiro atoms. The van der Waals surface area contributed by atoms with Crippen LogP contribution in [-0.4, -0.2) is 41.0 Å². The quantitative estimate of drug-likeness (QED) is 0.840. The highest BCUT2D eigenvalue weighted by atomic mass is 19.4. The van der Waals surface area contributed by atoms with Crippen molar-refractivity contribution in [2.45, 2.75) is 56.3 Å². The molecule has 1 atom stereocenters. The van der Waals surface area contributed by atoms with Gasteiger partial charge in [-0.3, -0.25) is 9.59 Å². The molecule has 3 aliphatic rings. The molecule has 3 rings (SSSR count). The molecule has 1 N–H and O–H groups in total. The molecule has 1 heterocycles. The lowest BCUT2D eigenvalue weighted by molar-refractivity contribution is -0.183. The van der Waals surface area contributed by atoms with E-state index in [1.807, 2.05) is 0 Å². The van der Waals surface area contributed by atoms with Crippen LogP contribution in [0.5, 0.6) is 0 Å². The van der Waals surface area contributed by atoms with Gasteiger partial charge in [0, 0.05) is 0 Å². The first kappa shape index (κ1) is 13.7. The van der Waals surface area contributed by atoms with E-state index in [1.165, 1.54) is 0 Å². The fourth-order valence-corrected chi connectivity index (χ4v) is 3.45. The van der Waals surface area contributed by atoms with E-state index in [1.54, 1.807) is 0 Å². The molecule has 20 heavy (non-hydrogen) atoms. The van der Waals surface area contributed by atoms with Crippen molar-refractivity contribution in [1.82, 2.24) is 10.2 Å². The lowest BCUT2D eigenvalue weighted by Gasteiger charge is -2.46. The van der Waals surface area contributed by atoms with Crippen molar-refractivity contribution < 1.29 is 22.8 Å². The number of rotatable bonds is 2. The molecule has 1 aliphatic heterocycles. The van der Waals surface area contributed by atoms with E-state index < -0.39 is 36.1 Å². The molecule has 0 aromatic carbocycles. The fourth-order valence-electron chi connectivity index (χ4n) is 3.45. The van der Waals surface area contributed by atoms with Crippen LogP contribution in [0.4, 0.5) is 13.2 Å². The van der Waals surface area contributed by atoms with Crippen molar-refractivity contribution in [3.63, 3.8) is 0 Å². The molecule has 4 nitrogen and oxygen atoms in total. The third kappa shape index (κ3) is 2.16. The van der Waals surface area contributed by atoms with Crippen molar-refractivity contribution in [2.75, 3.05) is 6.54 Å². The zero-order valence-electron chi connectivity index (χ0n) is 11.0. The summed E-state index contributed by atoms with van der Waals surface area (Å²) in [4.78, 5) is 25.6. The Hall–Kier alpha value is -1.27. The van der Waals surface area contributed by atoms with Crippen LogP contribution in [-0.2, 0) is 9.59 Å². The van der Waals surface area contributed by atoms with Crippen molar-refractivity contribution in [1.29, 1.82) is 0 Å². The number of hydrogen-bond acceptors (Lipinski definition) is 2. The van der Waals surface area contributed by atoms with E-state index in [-0.39, 0.29) is 5.92 Å². The van der Waals surface area contributed by atoms with Gasteiger partial charge in [-0.15, -0.1) is 0 Å². The molecule has 0 aromatic heterocycles. The average Bonchev–Trinajstić information content (AvgIpc) is 3.07. The van der Waals surface area contributed by atoms with Gasteiger partial charge in [-0.2, -0.15) is 13.2 Å². The Bertz CT molecular complexity index is 439. The predicted octanol–water partition coefficient (Wildman–Crippen LogP) is 1.60. The van der Waals surface area contributed by atoms with Gasteiger partial charge in [0.15, 0.2) is 0 Å². The Morgan fingerprint density at radius 1 is 1.20 bits per heavy atom. The summed E-state index contributed by atoms with van der Waals surface area (Å²) >= 11 is 0. The van der Waals surface area contributed by atoms with Gasteiger partial charge < -0.3 is 10.2 Å². The van der Waals surface area contributed by atoms with Crippen molar-refractivity contribution in [2.24, 2.45) is 5.92 Å². The third-order valence-electron chi connectivity index (χ3n) is 4.62. The van der Waals surface area contributed by atoms with Crippen LogP contribution in [0.2, 0.25) is 0 Å². The third-order valence-corrected chi connectivity index (χ3v) is 4.62. The highest BCUT2D eigenvalue weighted by molar-refractivity contribution is 6.00. The monoisotopic (exact) mass is 290 g/mol. The van der Waals surface area contributed by atoms with Crippen LogP contribution in [0.3, 0.4) is 0 Å². The average molecular weight is 290 g/mol. The first-order valence-corrected chi connectivity index (χ1v) is 7.03. The minimum absolute atomic E-state index is 0.0148. The summed E-state index contributed by atoms with van der Waals surface area (Å²) in [5, 5.41) is 2.68. The maximum atomic E-state index is 12.8. The maximum Gasteiger partial charge on any atom is 0.406 e. The number of nitrogens with one attached hydrogen (secondary N) is 1. The van der Waals surface area contributed by atoms with E-state index in [2.05, 4.69) is 5.32 Å². The fraction of sp³-hybridized carbons (Fsp3) is 0.846. The SMILES string of the molecule is O=C1C(C2CC2)NC(=O)C2(CCCC2)N1CC(F)(F)F. The smallest absolute Gasteiger partial charge is 0.342 e. The lowest BCUT2D eigenvalue weighted by atomic mass is 9.88. The Labute approximate surface area is 114 Å². The van der Waals surface area contributed by atoms with Gasteiger partial charge in [0.1, 0.15) is 18.1 Å². The summed E-state index contributed by atoms with van der Waals surface area (Å²) in [6, 6.07) is -0.754. The first-order valence-electron chi connectivity index (χ1n) is 7.03. The Kier molecular flexibility index (Phi) is 2.99. The van der Waals surface area contributed by atoms with Gasteiger partial charge in [-0.05, 0) is 31.6 Å². The van der Waals surface area contributed by atoms with E-state index in [0.29, 0.717) is 25.7 Å². The van der Waals surface area contributed by atoms with E-state index in [4.69, 9.17) is 0 Å². The summed E-state index contributed by atoms with van der Waals surface area (Å²) < 4.78 is 38.4. The molecule has 2 saturated carbocycles.